The van der Waals surface area contributed by atoms with E-state index in [-0.39, 0.29) is 18.8 Å². The number of aromatic nitrogens is 4. The molecule has 3 N–H and O–H groups in total. The minimum absolute atomic E-state index is 0.211. The number of hydrogen-bond donors (Lipinski definition) is 3. The first-order valence-corrected chi connectivity index (χ1v) is 12.3. The molecule has 180 valence electrons. The maximum absolute atomic E-state index is 12.7. The summed E-state index contributed by atoms with van der Waals surface area (Å²) in [6.45, 7) is 1.94. The molecule has 0 aromatic carbocycles. The molecule has 3 saturated heterocycles. The van der Waals surface area contributed by atoms with E-state index in [0.29, 0.717) is 49.7 Å². The molecule has 2 aromatic rings. The van der Waals surface area contributed by atoms with Gasteiger partial charge in [-0.05, 0) is 0 Å². The van der Waals surface area contributed by atoms with Crippen molar-refractivity contribution in [1.29, 1.82) is 0 Å². The van der Waals surface area contributed by atoms with Crippen LogP contribution in [0.5, 0.6) is 0 Å². The lowest BCUT2D eigenvalue weighted by Gasteiger charge is -2.28. The van der Waals surface area contributed by atoms with Gasteiger partial charge in [0.25, 0.3) is 10.2 Å². The van der Waals surface area contributed by atoms with Gasteiger partial charge in [-0.1, -0.05) is 11.6 Å². The molecule has 13 nitrogen and oxygen atoms in total. The normalized spacial score (nSPS) is 28.1. The van der Waals surface area contributed by atoms with E-state index in [0.717, 1.165) is 5.69 Å². The third-order valence-corrected chi connectivity index (χ3v) is 7.61. The number of nitrogens with one attached hydrogen (secondary N) is 3. The maximum atomic E-state index is 12.7. The van der Waals surface area contributed by atoms with Gasteiger partial charge in [-0.3, -0.25) is 4.68 Å². The first kappa shape index (κ1) is 22.7. The number of aryl methyl sites for hydroxylation is 1. The number of rotatable bonds is 7. The fraction of sp³-hybridized carbons (Fsp3) is 0.611. The monoisotopic (exact) mass is 500 g/mol. The second kappa shape index (κ2) is 9.29. The van der Waals surface area contributed by atoms with E-state index in [4.69, 9.17) is 25.8 Å². The Morgan fingerprint density at radius 2 is 1.85 bits per heavy atom. The van der Waals surface area contributed by atoms with Crippen LogP contribution >= 0.6 is 11.6 Å². The van der Waals surface area contributed by atoms with Crippen molar-refractivity contribution in [3.05, 3.63) is 23.6 Å². The molecule has 33 heavy (non-hydrogen) atoms. The zero-order valence-electron chi connectivity index (χ0n) is 17.8. The lowest BCUT2D eigenvalue weighted by Crippen LogP contribution is -2.52. The van der Waals surface area contributed by atoms with E-state index >= 15 is 0 Å². The standard InChI is InChI=1S/C18H25ClN8O5S/c1-26-8-11(6-21-26)22-18-20-7-12(19)17(24-18)23-13-9-31-16-14(10-32-15(13)16)25-33(28,29)27-2-4-30-5-3-27/h6-8,13-16,25H,2-5,9-10H2,1H3,(H2,20,22,23,24)/t13-,14+,15?,16?/m1/s1. The smallest absolute Gasteiger partial charge is 0.280 e. The summed E-state index contributed by atoms with van der Waals surface area (Å²) < 4.78 is 48.3. The van der Waals surface area contributed by atoms with Crippen LogP contribution in [0.3, 0.4) is 0 Å². The highest BCUT2D eigenvalue weighted by Crippen LogP contribution is 2.31. The Labute approximate surface area is 195 Å². The van der Waals surface area contributed by atoms with Crippen molar-refractivity contribution in [1.82, 2.24) is 28.8 Å². The first-order chi connectivity index (χ1) is 15.9. The molecule has 0 amide bonds. The molecule has 0 radical (unpaired) electrons. The summed E-state index contributed by atoms with van der Waals surface area (Å²) in [5, 5.41) is 10.8. The van der Waals surface area contributed by atoms with Gasteiger partial charge in [0.1, 0.15) is 17.2 Å². The third kappa shape index (κ3) is 4.91. The largest absolute Gasteiger partial charge is 0.379 e. The fourth-order valence-electron chi connectivity index (χ4n) is 4.10. The van der Waals surface area contributed by atoms with Crippen molar-refractivity contribution in [2.75, 3.05) is 50.2 Å². The van der Waals surface area contributed by atoms with E-state index in [1.54, 1.807) is 17.1 Å². The Bertz CT molecular complexity index is 1100. The van der Waals surface area contributed by atoms with Gasteiger partial charge >= 0.3 is 0 Å². The van der Waals surface area contributed by atoms with Gasteiger partial charge in [0.05, 0.1) is 56.6 Å². The molecule has 3 aliphatic heterocycles. The Hall–Kier alpha value is -2.07. The predicted molar refractivity (Wildman–Crippen MR) is 119 cm³/mol. The van der Waals surface area contributed by atoms with E-state index in [9.17, 15) is 8.42 Å². The molecule has 0 aliphatic carbocycles. The fourth-order valence-corrected chi connectivity index (χ4v) is 5.61. The molecule has 0 saturated carbocycles. The van der Waals surface area contributed by atoms with Gasteiger partial charge in [0, 0.05) is 26.3 Å². The molecular weight excluding hydrogens is 476 g/mol. The first-order valence-electron chi connectivity index (χ1n) is 10.5. The van der Waals surface area contributed by atoms with Crippen LogP contribution in [0, 0.1) is 0 Å². The van der Waals surface area contributed by atoms with Crippen molar-refractivity contribution in [2.45, 2.75) is 24.3 Å². The van der Waals surface area contributed by atoms with Crippen LogP contribution in [0.15, 0.2) is 18.6 Å². The number of morpholine rings is 1. The zero-order chi connectivity index (χ0) is 23.0. The summed E-state index contributed by atoms with van der Waals surface area (Å²) in [5.41, 5.74) is 0.740. The molecule has 0 spiro atoms. The minimum Gasteiger partial charge on any atom is -0.379 e. The highest BCUT2D eigenvalue weighted by atomic mass is 35.5. The average Bonchev–Trinajstić information content (AvgIpc) is 3.50. The summed E-state index contributed by atoms with van der Waals surface area (Å²) in [5.74, 6) is 0.780. The number of nitrogens with zero attached hydrogens (tertiary/aromatic N) is 5. The van der Waals surface area contributed by atoms with Crippen LogP contribution in [0.1, 0.15) is 0 Å². The second-order valence-electron chi connectivity index (χ2n) is 8.01. The van der Waals surface area contributed by atoms with Crippen LogP contribution in [0.2, 0.25) is 5.02 Å². The Morgan fingerprint density at radius 3 is 2.58 bits per heavy atom. The lowest BCUT2D eigenvalue weighted by molar-refractivity contribution is 0.0668. The van der Waals surface area contributed by atoms with Crippen molar-refractivity contribution < 1.29 is 22.6 Å². The molecule has 0 bridgehead atoms. The molecule has 5 rings (SSSR count). The molecule has 2 aromatic heterocycles. The molecule has 15 heteroatoms. The van der Waals surface area contributed by atoms with Crippen LogP contribution in [-0.2, 0) is 31.5 Å². The van der Waals surface area contributed by atoms with Gasteiger partial charge in [-0.25, -0.2) is 4.98 Å². The molecule has 5 heterocycles. The average molecular weight is 501 g/mol. The Balaban J connectivity index is 1.23. The SMILES string of the molecule is Cn1cc(Nc2ncc(Cl)c(N[C@@H]3COC4C3OC[C@@H]4NS(=O)(=O)N3CCOCC3)n2)cn1. The quantitative estimate of drug-likeness (QED) is 0.464. The zero-order valence-corrected chi connectivity index (χ0v) is 19.4. The topological polar surface area (TPSA) is 145 Å². The number of fused-ring (bicyclic) bond motifs is 1. The lowest BCUT2D eigenvalue weighted by atomic mass is 10.1. The summed E-state index contributed by atoms with van der Waals surface area (Å²) in [6, 6.07) is -0.746. The summed E-state index contributed by atoms with van der Waals surface area (Å²) in [7, 11) is -1.84. The van der Waals surface area contributed by atoms with E-state index in [2.05, 4.69) is 30.4 Å². The van der Waals surface area contributed by atoms with Crippen molar-refractivity contribution in [3.8, 4) is 0 Å². The van der Waals surface area contributed by atoms with Crippen molar-refractivity contribution in [2.24, 2.45) is 7.05 Å². The minimum atomic E-state index is -3.66. The molecular formula is C18H25ClN8O5S. The summed E-state index contributed by atoms with van der Waals surface area (Å²) >= 11 is 6.31. The van der Waals surface area contributed by atoms with Crippen LogP contribution in [0.25, 0.3) is 0 Å². The number of hydrogen-bond acceptors (Lipinski definition) is 10. The molecule has 2 unspecified atom stereocenters. The highest BCUT2D eigenvalue weighted by Gasteiger charge is 2.49. The van der Waals surface area contributed by atoms with E-state index < -0.39 is 22.4 Å². The predicted octanol–water partition coefficient (Wildman–Crippen LogP) is -0.280. The van der Waals surface area contributed by atoms with Gasteiger partial charge in [0.15, 0.2) is 5.82 Å². The molecule has 4 atom stereocenters. The van der Waals surface area contributed by atoms with Crippen molar-refractivity contribution >= 4 is 39.3 Å². The van der Waals surface area contributed by atoms with Crippen LogP contribution < -0.4 is 15.4 Å². The van der Waals surface area contributed by atoms with Crippen LogP contribution in [0.4, 0.5) is 17.5 Å². The highest BCUT2D eigenvalue weighted by molar-refractivity contribution is 7.87. The number of anilines is 3. The molecule has 3 fully saturated rings. The van der Waals surface area contributed by atoms with Gasteiger partial charge in [-0.15, -0.1) is 0 Å². The maximum Gasteiger partial charge on any atom is 0.280 e. The van der Waals surface area contributed by atoms with Gasteiger partial charge in [0.2, 0.25) is 5.95 Å². The number of halogens is 1. The van der Waals surface area contributed by atoms with Gasteiger partial charge < -0.3 is 24.8 Å². The number of ether oxygens (including phenoxy) is 3. The van der Waals surface area contributed by atoms with Crippen LogP contribution in [-0.4, -0.2) is 96.3 Å². The molecule has 3 aliphatic rings. The van der Waals surface area contributed by atoms with Gasteiger partial charge in [-0.2, -0.15) is 27.5 Å². The third-order valence-electron chi connectivity index (χ3n) is 5.69. The van der Waals surface area contributed by atoms with Crippen molar-refractivity contribution in [3.63, 3.8) is 0 Å². The summed E-state index contributed by atoms with van der Waals surface area (Å²) in [6.07, 6.45) is 4.17. The van der Waals surface area contributed by atoms with E-state index in [1.807, 2.05) is 7.05 Å². The second-order valence-corrected chi connectivity index (χ2v) is 10.1. The Morgan fingerprint density at radius 1 is 1.12 bits per heavy atom. The van der Waals surface area contributed by atoms with E-state index in [1.165, 1.54) is 10.5 Å². The Kier molecular flexibility index (Phi) is 6.39. The summed E-state index contributed by atoms with van der Waals surface area (Å²) in [4.78, 5) is 8.65.